The summed E-state index contributed by atoms with van der Waals surface area (Å²) in [6, 6.07) is 2.14. The van der Waals surface area contributed by atoms with Gasteiger partial charge in [-0.2, -0.15) is 17.7 Å². The van der Waals surface area contributed by atoms with E-state index in [4.69, 9.17) is 9.72 Å². The van der Waals surface area contributed by atoms with Crippen LogP contribution in [0, 0.1) is 13.8 Å². The molecule has 3 aromatic heterocycles. The van der Waals surface area contributed by atoms with Gasteiger partial charge in [0.25, 0.3) is 5.82 Å². The fourth-order valence-electron chi connectivity index (χ4n) is 4.59. The summed E-state index contributed by atoms with van der Waals surface area (Å²) in [5.41, 5.74) is 4.42. The molecule has 0 bridgehead atoms. The van der Waals surface area contributed by atoms with Crippen LogP contribution >= 0.6 is 0 Å². The number of alkyl halides is 3. The highest BCUT2D eigenvalue weighted by Crippen LogP contribution is 2.33. The van der Waals surface area contributed by atoms with Crippen molar-refractivity contribution in [1.82, 2.24) is 24.8 Å². The number of nitrogens with zero attached hydrogens (tertiary/aromatic N) is 7. The van der Waals surface area contributed by atoms with Crippen LogP contribution in [-0.4, -0.2) is 56.6 Å². The van der Waals surface area contributed by atoms with Crippen molar-refractivity contribution in [1.29, 1.82) is 0 Å². The molecule has 8 nitrogen and oxygen atoms in total. The Bertz CT molecular complexity index is 1220. The molecule has 0 atom stereocenters. The largest absolute Gasteiger partial charge is 0.453 e. The second-order valence-electron chi connectivity index (χ2n) is 9.33. The Morgan fingerprint density at radius 2 is 1.85 bits per heavy atom. The summed E-state index contributed by atoms with van der Waals surface area (Å²) in [6.45, 7) is 11.1. The Balaban J connectivity index is 1.49. The molecule has 3 aromatic rings. The quantitative estimate of drug-likeness (QED) is 0.580. The maximum atomic E-state index is 13.4. The highest BCUT2D eigenvalue weighted by Gasteiger charge is 2.38. The van der Waals surface area contributed by atoms with Crippen LogP contribution in [0.25, 0.3) is 5.65 Å². The molecular formula is C22H26F3N7O. The Morgan fingerprint density at radius 3 is 2.58 bits per heavy atom. The van der Waals surface area contributed by atoms with Gasteiger partial charge >= 0.3 is 6.18 Å². The average Bonchev–Trinajstić information content (AvgIpc) is 3.19. The first-order valence-corrected chi connectivity index (χ1v) is 10.9. The monoisotopic (exact) mass is 461 g/mol. The lowest BCUT2D eigenvalue weighted by Gasteiger charge is -2.40. The second-order valence-corrected chi connectivity index (χ2v) is 9.33. The molecule has 0 radical (unpaired) electrons. The number of rotatable bonds is 2. The maximum Gasteiger partial charge on any atom is 0.453 e. The average molecular weight is 461 g/mol. The standard InChI is InChI=1S/C22H26F3N7O/c1-13-14(2)19(29-32-18(13)27-28-20(32)22(23,24)25)30-6-5-17-15(11-30)9-16(10-26-17)31-7-8-33-21(3,4)12-31/h9-10H,5-8,11-12H2,1-4H3. The van der Waals surface area contributed by atoms with E-state index in [1.54, 1.807) is 6.92 Å². The van der Waals surface area contributed by atoms with E-state index in [0.29, 0.717) is 37.5 Å². The van der Waals surface area contributed by atoms with Gasteiger partial charge in [0.2, 0.25) is 0 Å². The summed E-state index contributed by atoms with van der Waals surface area (Å²) < 4.78 is 46.9. The van der Waals surface area contributed by atoms with Crippen LogP contribution in [0.2, 0.25) is 0 Å². The van der Waals surface area contributed by atoms with Gasteiger partial charge in [0.15, 0.2) is 11.5 Å². The molecule has 11 heteroatoms. The summed E-state index contributed by atoms with van der Waals surface area (Å²) in [5.74, 6) is -0.605. The molecule has 0 N–H and O–H groups in total. The van der Waals surface area contributed by atoms with Crippen molar-refractivity contribution >= 4 is 17.2 Å². The van der Waals surface area contributed by atoms with Gasteiger partial charge in [0.05, 0.1) is 24.1 Å². The first-order valence-electron chi connectivity index (χ1n) is 10.9. The van der Waals surface area contributed by atoms with Gasteiger partial charge in [-0.15, -0.1) is 15.3 Å². The Labute approximate surface area is 189 Å². The summed E-state index contributed by atoms with van der Waals surface area (Å²) in [7, 11) is 0. The summed E-state index contributed by atoms with van der Waals surface area (Å²) in [4.78, 5) is 8.97. The van der Waals surface area contributed by atoms with Crippen LogP contribution in [0.1, 0.15) is 42.1 Å². The van der Waals surface area contributed by atoms with Crippen molar-refractivity contribution in [2.75, 3.05) is 36.0 Å². The highest BCUT2D eigenvalue weighted by molar-refractivity contribution is 5.60. The topological polar surface area (TPSA) is 71.7 Å². The number of halogens is 3. The molecule has 5 rings (SSSR count). The molecular weight excluding hydrogens is 435 g/mol. The fraction of sp³-hybridized carbons (Fsp3) is 0.545. The summed E-state index contributed by atoms with van der Waals surface area (Å²) in [5, 5.41) is 11.4. The molecule has 0 amide bonds. The van der Waals surface area contributed by atoms with E-state index < -0.39 is 12.0 Å². The normalized spacial score (nSPS) is 18.6. The first-order chi connectivity index (χ1) is 15.5. The Hall–Kier alpha value is -2.95. The van der Waals surface area contributed by atoms with E-state index in [1.165, 1.54) is 0 Å². The molecule has 0 saturated carbocycles. The Kier molecular flexibility index (Phi) is 5.00. The van der Waals surface area contributed by atoms with Crippen LogP contribution in [0.5, 0.6) is 0 Å². The van der Waals surface area contributed by atoms with Crippen molar-refractivity contribution in [3.63, 3.8) is 0 Å². The number of hydrogen-bond donors (Lipinski definition) is 0. The minimum Gasteiger partial charge on any atom is -0.372 e. The van der Waals surface area contributed by atoms with E-state index in [-0.39, 0.29) is 11.2 Å². The zero-order chi connectivity index (χ0) is 23.5. The fourth-order valence-corrected chi connectivity index (χ4v) is 4.59. The van der Waals surface area contributed by atoms with E-state index in [0.717, 1.165) is 40.1 Å². The lowest BCUT2D eigenvalue weighted by molar-refractivity contribution is -0.146. The molecule has 1 saturated heterocycles. The lowest BCUT2D eigenvalue weighted by Crippen LogP contribution is -2.48. The number of aromatic nitrogens is 5. The third-order valence-corrected chi connectivity index (χ3v) is 6.44. The van der Waals surface area contributed by atoms with Crippen LogP contribution in [-0.2, 0) is 23.9 Å². The van der Waals surface area contributed by atoms with Crippen LogP contribution < -0.4 is 9.80 Å². The van der Waals surface area contributed by atoms with E-state index in [2.05, 4.69) is 40.1 Å². The number of anilines is 2. The molecule has 176 valence electrons. The molecule has 33 heavy (non-hydrogen) atoms. The van der Waals surface area contributed by atoms with E-state index in [1.807, 2.05) is 18.0 Å². The third-order valence-electron chi connectivity index (χ3n) is 6.44. The summed E-state index contributed by atoms with van der Waals surface area (Å²) in [6.07, 6.45) is -2.04. The van der Waals surface area contributed by atoms with E-state index in [9.17, 15) is 13.2 Å². The number of pyridine rings is 1. The van der Waals surface area contributed by atoms with Gasteiger partial charge in [-0.3, -0.25) is 4.98 Å². The molecule has 2 aliphatic rings. The lowest BCUT2D eigenvalue weighted by atomic mass is 10.0. The predicted octanol–water partition coefficient (Wildman–Crippen LogP) is 3.33. The predicted molar refractivity (Wildman–Crippen MR) is 116 cm³/mol. The number of morpholine rings is 1. The van der Waals surface area contributed by atoms with E-state index >= 15 is 0 Å². The molecule has 0 aromatic carbocycles. The molecule has 1 fully saturated rings. The molecule has 0 aliphatic carbocycles. The van der Waals surface area contributed by atoms with Crippen molar-refractivity contribution in [3.8, 4) is 0 Å². The van der Waals surface area contributed by atoms with Gasteiger partial charge < -0.3 is 14.5 Å². The van der Waals surface area contributed by atoms with Crippen molar-refractivity contribution < 1.29 is 17.9 Å². The number of ether oxygens (including phenoxy) is 1. The minimum absolute atomic E-state index is 0.125. The zero-order valence-corrected chi connectivity index (χ0v) is 19.1. The van der Waals surface area contributed by atoms with Gasteiger partial charge in [0, 0.05) is 49.4 Å². The van der Waals surface area contributed by atoms with Crippen molar-refractivity contribution in [3.05, 3.63) is 40.5 Å². The molecule has 5 heterocycles. The first kappa shape index (κ1) is 21.9. The zero-order valence-electron chi connectivity index (χ0n) is 19.1. The van der Waals surface area contributed by atoms with Gasteiger partial charge in [-0.05, 0) is 39.3 Å². The van der Waals surface area contributed by atoms with Crippen LogP contribution in [0.4, 0.5) is 24.7 Å². The third kappa shape index (κ3) is 3.88. The second kappa shape index (κ2) is 7.54. The molecule has 0 spiro atoms. The maximum absolute atomic E-state index is 13.4. The summed E-state index contributed by atoms with van der Waals surface area (Å²) >= 11 is 0. The number of hydrogen-bond acceptors (Lipinski definition) is 7. The van der Waals surface area contributed by atoms with Gasteiger partial charge in [0.1, 0.15) is 0 Å². The van der Waals surface area contributed by atoms with Crippen LogP contribution in [0.15, 0.2) is 12.3 Å². The van der Waals surface area contributed by atoms with Crippen molar-refractivity contribution in [2.24, 2.45) is 0 Å². The SMILES string of the molecule is Cc1c(N2CCc3ncc(N4CCOC(C)(C)C4)cc3C2)nn2c(C(F)(F)F)nnc2c1C. The molecule has 0 unspecified atom stereocenters. The highest BCUT2D eigenvalue weighted by atomic mass is 19.4. The van der Waals surface area contributed by atoms with Crippen LogP contribution in [0.3, 0.4) is 0 Å². The minimum atomic E-state index is -4.63. The Morgan fingerprint density at radius 1 is 1.06 bits per heavy atom. The van der Waals surface area contributed by atoms with Gasteiger partial charge in [-0.25, -0.2) is 0 Å². The van der Waals surface area contributed by atoms with Crippen molar-refractivity contribution in [2.45, 2.75) is 52.4 Å². The smallest absolute Gasteiger partial charge is 0.372 e. The van der Waals surface area contributed by atoms with Gasteiger partial charge in [-0.1, -0.05) is 0 Å². The number of aryl methyl sites for hydroxylation is 1. The number of fused-ring (bicyclic) bond motifs is 2. The molecule has 2 aliphatic heterocycles.